The Labute approximate surface area is 181 Å². The number of rotatable bonds is 7. The van der Waals surface area contributed by atoms with E-state index in [1.165, 1.54) is 16.8 Å². The lowest BCUT2D eigenvalue weighted by atomic mass is 10.0. The molecule has 2 atom stereocenters. The molecule has 0 bridgehead atoms. The summed E-state index contributed by atoms with van der Waals surface area (Å²) in [7, 11) is 1.68. The molecule has 2 aromatic heterocycles. The molecule has 30 heavy (non-hydrogen) atoms. The van der Waals surface area contributed by atoms with E-state index in [9.17, 15) is 4.79 Å². The van der Waals surface area contributed by atoms with Crippen LogP contribution in [0.15, 0.2) is 64.6 Å². The molecule has 3 aromatic rings. The number of amides is 1. The van der Waals surface area contributed by atoms with Crippen molar-refractivity contribution in [1.29, 1.82) is 0 Å². The second-order valence-electron chi connectivity index (χ2n) is 7.42. The zero-order valence-corrected chi connectivity index (χ0v) is 18.1. The molecular formula is C23H27N3O3S. The lowest BCUT2D eigenvalue weighted by Gasteiger charge is -2.42. The van der Waals surface area contributed by atoms with Crippen LogP contribution in [0.1, 0.15) is 28.4 Å². The van der Waals surface area contributed by atoms with Gasteiger partial charge >= 0.3 is 0 Å². The summed E-state index contributed by atoms with van der Waals surface area (Å²) in [6, 6.07) is 15.9. The summed E-state index contributed by atoms with van der Waals surface area (Å²) in [6.07, 6.45) is 1.52. The maximum atomic E-state index is 12.5. The van der Waals surface area contributed by atoms with Gasteiger partial charge in [0.1, 0.15) is 5.75 Å². The smallest absolute Gasteiger partial charge is 0.287 e. The van der Waals surface area contributed by atoms with Crippen LogP contribution in [-0.2, 0) is 0 Å². The van der Waals surface area contributed by atoms with Gasteiger partial charge in [-0.3, -0.25) is 9.69 Å². The fourth-order valence-corrected chi connectivity index (χ4v) is 4.98. The van der Waals surface area contributed by atoms with Crippen molar-refractivity contribution in [2.75, 3.05) is 38.2 Å². The number of methoxy groups -OCH3 is 1. The molecule has 1 aliphatic rings. The SMILES string of the molecule is COc1ccc(N2CCN([C@@H](c3cccs3)[C@H](C)NC(=O)c3ccco3)CC2)cc1. The largest absolute Gasteiger partial charge is 0.497 e. The van der Waals surface area contributed by atoms with E-state index in [-0.39, 0.29) is 18.0 Å². The van der Waals surface area contributed by atoms with E-state index in [2.05, 4.69) is 51.7 Å². The van der Waals surface area contributed by atoms with Gasteiger partial charge in [-0.25, -0.2) is 0 Å². The number of nitrogens with zero attached hydrogens (tertiary/aromatic N) is 2. The Morgan fingerprint density at radius 2 is 1.87 bits per heavy atom. The summed E-state index contributed by atoms with van der Waals surface area (Å²) in [5.41, 5.74) is 1.21. The van der Waals surface area contributed by atoms with Crippen LogP contribution < -0.4 is 15.0 Å². The molecule has 1 amide bonds. The molecule has 1 saturated heterocycles. The highest BCUT2D eigenvalue weighted by Gasteiger charge is 2.31. The maximum Gasteiger partial charge on any atom is 0.287 e. The van der Waals surface area contributed by atoms with Crippen molar-refractivity contribution in [2.24, 2.45) is 0 Å². The van der Waals surface area contributed by atoms with Crippen LogP contribution in [-0.4, -0.2) is 50.1 Å². The van der Waals surface area contributed by atoms with E-state index >= 15 is 0 Å². The summed E-state index contributed by atoms with van der Waals surface area (Å²) in [6.45, 7) is 5.80. The molecule has 3 heterocycles. The van der Waals surface area contributed by atoms with E-state index in [0.29, 0.717) is 5.76 Å². The van der Waals surface area contributed by atoms with E-state index in [0.717, 1.165) is 31.9 Å². The fraction of sp³-hybridized carbons (Fsp3) is 0.348. The Morgan fingerprint density at radius 1 is 1.10 bits per heavy atom. The lowest BCUT2D eigenvalue weighted by Crippen LogP contribution is -2.52. The highest BCUT2D eigenvalue weighted by Crippen LogP contribution is 2.30. The van der Waals surface area contributed by atoms with Crippen LogP contribution in [0, 0.1) is 0 Å². The Morgan fingerprint density at radius 3 is 2.47 bits per heavy atom. The molecule has 1 N–H and O–H groups in total. The molecule has 0 saturated carbocycles. The highest BCUT2D eigenvalue weighted by atomic mass is 32.1. The van der Waals surface area contributed by atoms with Crippen molar-refractivity contribution in [3.05, 3.63) is 70.8 Å². The molecule has 1 aromatic carbocycles. The van der Waals surface area contributed by atoms with E-state index < -0.39 is 0 Å². The van der Waals surface area contributed by atoms with Crippen molar-refractivity contribution in [2.45, 2.75) is 19.0 Å². The summed E-state index contributed by atoms with van der Waals surface area (Å²) in [4.78, 5) is 18.7. The molecule has 0 spiro atoms. The third-order valence-electron chi connectivity index (χ3n) is 5.56. The number of benzene rings is 1. The molecule has 0 unspecified atom stereocenters. The molecule has 1 aliphatic heterocycles. The molecular weight excluding hydrogens is 398 g/mol. The maximum absolute atomic E-state index is 12.5. The van der Waals surface area contributed by atoms with E-state index in [1.807, 2.05) is 12.1 Å². The van der Waals surface area contributed by atoms with Gasteiger partial charge in [0.25, 0.3) is 5.91 Å². The molecule has 4 rings (SSSR count). The Kier molecular flexibility index (Phi) is 6.40. The summed E-state index contributed by atoms with van der Waals surface area (Å²) < 4.78 is 10.5. The standard InChI is InChI=1S/C23H27N3O3S/c1-17(24-23(27)20-5-3-15-29-20)22(21-6-4-16-30-21)26-13-11-25(12-14-26)18-7-9-19(28-2)10-8-18/h3-10,15-17,22H,11-14H2,1-2H3,(H,24,27)/t17-,22+/m0/s1. The van der Waals surface area contributed by atoms with Crippen LogP contribution in [0.25, 0.3) is 0 Å². The van der Waals surface area contributed by atoms with Gasteiger partial charge in [0, 0.05) is 42.8 Å². The molecule has 0 aliphatic carbocycles. The number of carbonyl (C=O) groups is 1. The zero-order valence-electron chi connectivity index (χ0n) is 17.3. The van der Waals surface area contributed by atoms with Crippen molar-refractivity contribution in [3.8, 4) is 5.75 Å². The Hall–Kier alpha value is -2.77. The van der Waals surface area contributed by atoms with Crippen LogP contribution in [0.3, 0.4) is 0 Å². The van der Waals surface area contributed by atoms with E-state index in [1.54, 1.807) is 30.6 Å². The van der Waals surface area contributed by atoms with Gasteiger partial charge in [0.15, 0.2) is 5.76 Å². The zero-order chi connectivity index (χ0) is 20.9. The predicted molar refractivity (Wildman–Crippen MR) is 119 cm³/mol. The van der Waals surface area contributed by atoms with Gasteiger partial charge in [-0.05, 0) is 54.8 Å². The first kappa shape index (κ1) is 20.5. The molecule has 0 radical (unpaired) electrons. The number of nitrogens with one attached hydrogen (secondary N) is 1. The third kappa shape index (κ3) is 4.52. The quantitative estimate of drug-likeness (QED) is 0.619. The van der Waals surface area contributed by atoms with Crippen LogP contribution in [0.5, 0.6) is 5.75 Å². The average molecular weight is 426 g/mol. The highest BCUT2D eigenvalue weighted by molar-refractivity contribution is 7.10. The third-order valence-corrected chi connectivity index (χ3v) is 6.50. The number of furan rings is 1. The van der Waals surface area contributed by atoms with Gasteiger partial charge in [-0.15, -0.1) is 11.3 Å². The molecule has 1 fully saturated rings. The summed E-state index contributed by atoms with van der Waals surface area (Å²) in [5.74, 6) is 1.04. The first-order valence-electron chi connectivity index (χ1n) is 10.2. The van der Waals surface area contributed by atoms with Crippen LogP contribution in [0.2, 0.25) is 0 Å². The van der Waals surface area contributed by atoms with Crippen molar-refractivity contribution in [3.63, 3.8) is 0 Å². The Bertz CT molecular complexity index is 917. The fourth-order valence-electron chi connectivity index (χ4n) is 4.02. The first-order valence-corrected chi connectivity index (χ1v) is 11.0. The van der Waals surface area contributed by atoms with Gasteiger partial charge in [0.2, 0.25) is 0 Å². The molecule has 6 nitrogen and oxygen atoms in total. The average Bonchev–Trinajstić information content (AvgIpc) is 3.49. The minimum absolute atomic E-state index is 0.0474. The Balaban J connectivity index is 1.44. The minimum atomic E-state index is -0.175. The summed E-state index contributed by atoms with van der Waals surface area (Å²) in [5, 5.41) is 5.22. The summed E-state index contributed by atoms with van der Waals surface area (Å²) >= 11 is 1.73. The number of anilines is 1. The lowest BCUT2D eigenvalue weighted by molar-refractivity contribution is 0.0863. The second kappa shape index (κ2) is 9.36. The number of ether oxygens (including phenoxy) is 1. The van der Waals surface area contributed by atoms with E-state index in [4.69, 9.17) is 9.15 Å². The predicted octanol–water partition coefficient (Wildman–Crippen LogP) is 4.03. The van der Waals surface area contributed by atoms with Crippen molar-refractivity contribution < 1.29 is 13.9 Å². The second-order valence-corrected chi connectivity index (χ2v) is 8.40. The topological polar surface area (TPSA) is 58.0 Å². The first-order chi connectivity index (χ1) is 14.7. The van der Waals surface area contributed by atoms with Gasteiger partial charge in [-0.1, -0.05) is 6.07 Å². The molecule has 7 heteroatoms. The van der Waals surface area contributed by atoms with Gasteiger partial charge < -0.3 is 19.4 Å². The molecule has 158 valence electrons. The van der Waals surface area contributed by atoms with Crippen molar-refractivity contribution >= 4 is 22.9 Å². The van der Waals surface area contributed by atoms with Gasteiger partial charge in [-0.2, -0.15) is 0 Å². The number of piperazine rings is 1. The van der Waals surface area contributed by atoms with Crippen LogP contribution >= 0.6 is 11.3 Å². The number of hydrogen-bond donors (Lipinski definition) is 1. The minimum Gasteiger partial charge on any atom is -0.497 e. The number of thiophene rings is 1. The van der Waals surface area contributed by atoms with Crippen molar-refractivity contribution in [1.82, 2.24) is 10.2 Å². The normalized spacial score (nSPS) is 16.8. The number of carbonyl (C=O) groups excluding carboxylic acids is 1. The number of hydrogen-bond acceptors (Lipinski definition) is 6. The monoisotopic (exact) mass is 425 g/mol. The van der Waals surface area contributed by atoms with Crippen LogP contribution in [0.4, 0.5) is 5.69 Å². The van der Waals surface area contributed by atoms with Gasteiger partial charge in [0.05, 0.1) is 19.4 Å².